The Morgan fingerprint density at radius 2 is 1.82 bits per heavy atom. The molecule has 1 fully saturated rings. The number of carbonyl (C=O) groups is 1. The normalized spacial score (nSPS) is 27.0. The summed E-state index contributed by atoms with van der Waals surface area (Å²) >= 11 is 0. The van der Waals surface area contributed by atoms with Crippen LogP contribution in [0.4, 0.5) is 4.79 Å². The lowest BCUT2D eigenvalue weighted by Crippen LogP contribution is -2.52. The molecule has 0 saturated carbocycles. The van der Waals surface area contributed by atoms with E-state index in [4.69, 9.17) is 18.6 Å². The molecule has 7 heteroatoms. The van der Waals surface area contributed by atoms with E-state index in [-0.39, 0.29) is 35.5 Å². The van der Waals surface area contributed by atoms with Crippen LogP contribution in [0.3, 0.4) is 0 Å². The maximum absolute atomic E-state index is 13.2. The summed E-state index contributed by atoms with van der Waals surface area (Å²) in [4.78, 5) is 15.1. The average molecular weight is 474 g/mol. The van der Waals surface area contributed by atoms with Gasteiger partial charge in [-0.25, -0.2) is 4.79 Å². The van der Waals surface area contributed by atoms with Crippen molar-refractivity contribution in [1.29, 1.82) is 0 Å². The predicted molar refractivity (Wildman–Crippen MR) is 131 cm³/mol. The minimum atomic E-state index is -1.96. The smallest absolute Gasteiger partial charge is 0.410 e. The van der Waals surface area contributed by atoms with Crippen LogP contribution in [0.2, 0.25) is 18.1 Å². The highest BCUT2D eigenvalue weighted by Gasteiger charge is 2.53. The lowest BCUT2D eigenvalue weighted by atomic mass is 9.69. The first kappa shape index (κ1) is 24.1. The highest BCUT2D eigenvalue weighted by Crippen LogP contribution is 2.49. The first-order chi connectivity index (χ1) is 15.2. The molecule has 3 atom stereocenters. The van der Waals surface area contributed by atoms with Crippen LogP contribution in [-0.4, -0.2) is 50.4 Å². The standard InChI is InChI=1S/C26H39NO5Si/c1-24(2,3)31-23(28)27-14-13-26(18-9-10-20-21(15-18)30-17-29-20)12-11-19(16-22(26)27)32-33(7,8)25(4,5)6/h9-12,15,19,22H,13-14,16-17H2,1-8H3/t19-,22+,26+/m1/s1. The first-order valence-electron chi connectivity index (χ1n) is 12.0. The summed E-state index contributed by atoms with van der Waals surface area (Å²) in [6, 6.07) is 6.12. The molecule has 1 aliphatic carbocycles. The number of hydrogen-bond acceptors (Lipinski definition) is 5. The number of rotatable bonds is 3. The lowest BCUT2D eigenvalue weighted by Gasteiger charge is -2.45. The Bertz CT molecular complexity index is 945. The summed E-state index contributed by atoms with van der Waals surface area (Å²) in [6.45, 7) is 18.0. The molecule has 0 radical (unpaired) electrons. The van der Waals surface area contributed by atoms with Crippen molar-refractivity contribution in [2.75, 3.05) is 13.3 Å². The largest absolute Gasteiger partial charge is 0.454 e. The Morgan fingerprint density at radius 3 is 2.48 bits per heavy atom. The SMILES string of the molecule is CC(C)(C)OC(=O)N1CC[C@]2(c3ccc4c(c3)OCO4)C=C[C@@H](O[Si](C)(C)C(C)(C)C)C[C@H]12. The Kier molecular flexibility index (Phi) is 5.89. The average Bonchev–Trinajstić information content (AvgIpc) is 3.29. The number of likely N-dealkylation sites (tertiary alicyclic amines) is 1. The fourth-order valence-electron chi connectivity index (χ4n) is 4.82. The van der Waals surface area contributed by atoms with E-state index in [1.54, 1.807) is 0 Å². The number of nitrogens with zero attached hydrogens (tertiary/aromatic N) is 1. The second-order valence-electron chi connectivity index (χ2n) is 12.1. The summed E-state index contributed by atoms with van der Waals surface area (Å²) in [6.07, 6.45) is 5.80. The lowest BCUT2D eigenvalue weighted by molar-refractivity contribution is 0.0161. The number of ether oxygens (including phenoxy) is 3. The van der Waals surface area contributed by atoms with Gasteiger partial charge in [-0.05, 0) is 69.4 Å². The number of amides is 1. The van der Waals surface area contributed by atoms with Crippen LogP contribution in [0, 0.1) is 0 Å². The summed E-state index contributed by atoms with van der Waals surface area (Å²) in [7, 11) is -1.96. The van der Waals surface area contributed by atoms with Crippen LogP contribution >= 0.6 is 0 Å². The summed E-state index contributed by atoms with van der Waals surface area (Å²) in [5.74, 6) is 1.54. The Labute approximate surface area is 199 Å². The molecule has 0 spiro atoms. The highest BCUT2D eigenvalue weighted by atomic mass is 28.4. The van der Waals surface area contributed by atoms with E-state index in [0.29, 0.717) is 6.54 Å². The third-order valence-corrected chi connectivity index (χ3v) is 12.1. The van der Waals surface area contributed by atoms with Gasteiger partial charge in [0.1, 0.15) is 5.60 Å². The molecule has 0 N–H and O–H groups in total. The minimum absolute atomic E-state index is 0.0268. The van der Waals surface area contributed by atoms with Crippen molar-refractivity contribution in [3.63, 3.8) is 0 Å². The molecule has 6 nitrogen and oxygen atoms in total. The highest BCUT2D eigenvalue weighted by molar-refractivity contribution is 6.74. The molecular formula is C26H39NO5Si. The molecule has 0 bridgehead atoms. The fraction of sp³-hybridized carbons (Fsp3) is 0.654. The van der Waals surface area contributed by atoms with E-state index in [9.17, 15) is 4.79 Å². The van der Waals surface area contributed by atoms with E-state index in [0.717, 1.165) is 29.9 Å². The van der Waals surface area contributed by atoms with Gasteiger partial charge in [0.05, 0.1) is 12.1 Å². The molecule has 0 unspecified atom stereocenters. The van der Waals surface area contributed by atoms with Gasteiger partial charge < -0.3 is 23.5 Å². The molecule has 1 aromatic rings. The predicted octanol–water partition coefficient (Wildman–Crippen LogP) is 6.01. The summed E-state index contributed by atoms with van der Waals surface area (Å²) in [5.41, 5.74) is 0.304. The topological polar surface area (TPSA) is 57.2 Å². The second-order valence-corrected chi connectivity index (χ2v) is 16.8. The quantitative estimate of drug-likeness (QED) is 0.397. The van der Waals surface area contributed by atoms with E-state index in [1.165, 1.54) is 0 Å². The van der Waals surface area contributed by atoms with Crippen LogP contribution in [0.25, 0.3) is 0 Å². The zero-order valence-electron chi connectivity index (χ0n) is 21.4. The molecule has 2 aliphatic heterocycles. The van der Waals surface area contributed by atoms with Crippen molar-refractivity contribution in [3.8, 4) is 11.5 Å². The second kappa shape index (κ2) is 8.05. The molecule has 182 valence electrons. The van der Waals surface area contributed by atoms with Crippen molar-refractivity contribution >= 4 is 14.4 Å². The van der Waals surface area contributed by atoms with Crippen LogP contribution in [-0.2, 0) is 14.6 Å². The van der Waals surface area contributed by atoms with Crippen LogP contribution in [0.15, 0.2) is 30.4 Å². The fourth-order valence-corrected chi connectivity index (χ4v) is 6.10. The van der Waals surface area contributed by atoms with Gasteiger partial charge in [-0.1, -0.05) is 39.0 Å². The number of benzene rings is 1. The van der Waals surface area contributed by atoms with Gasteiger partial charge >= 0.3 is 6.09 Å². The maximum atomic E-state index is 13.2. The van der Waals surface area contributed by atoms with E-state index < -0.39 is 13.9 Å². The van der Waals surface area contributed by atoms with Crippen LogP contribution in [0.1, 0.15) is 59.9 Å². The summed E-state index contributed by atoms with van der Waals surface area (Å²) in [5, 5.41) is 0.118. The van der Waals surface area contributed by atoms with Crippen molar-refractivity contribution in [3.05, 3.63) is 35.9 Å². The van der Waals surface area contributed by atoms with Gasteiger partial charge in [0.25, 0.3) is 0 Å². The van der Waals surface area contributed by atoms with Crippen LogP contribution in [0.5, 0.6) is 11.5 Å². The Morgan fingerprint density at radius 1 is 1.12 bits per heavy atom. The third kappa shape index (κ3) is 4.54. The Hall–Kier alpha value is -1.99. The van der Waals surface area contributed by atoms with Crippen molar-refractivity contribution in [2.45, 2.75) is 95.7 Å². The maximum Gasteiger partial charge on any atom is 0.410 e. The number of hydrogen-bond donors (Lipinski definition) is 0. The van der Waals surface area contributed by atoms with Gasteiger partial charge in [0.15, 0.2) is 19.8 Å². The van der Waals surface area contributed by atoms with Crippen molar-refractivity contribution in [1.82, 2.24) is 4.90 Å². The van der Waals surface area contributed by atoms with E-state index in [2.05, 4.69) is 58.2 Å². The number of fused-ring (bicyclic) bond motifs is 2. The molecule has 33 heavy (non-hydrogen) atoms. The van der Waals surface area contributed by atoms with Gasteiger partial charge in [-0.2, -0.15) is 0 Å². The molecule has 1 saturated heterocycles. The number of carbonyl (C=O) groups excluding carboxylic acids is 1. The van der Waals surface area contributed by atoms with E-state index in [1.807, 2.05) is 31.7 Å². The molecule has 3 aliphatic rings. The first-order valence-corrected chi connectivity index (χ1v) is 14.9. The van der Waals surface area contributed by atoms with Crippen molar-refractivity contribution in [2.24, 2.45) is 0 Å². The van der Waals surface area contributed by atoms with Crippen LogP contribution < -0.4 is 9.47 Å². The molecule has 1 aromatic carbocycles. The molecule has 1 amide bonds. The van der Waals surface area contributed by atoms with Gasteiger partial charge in [0, 0.05) is 12.0 Å². The molecule has 4 rings (SSSR count). The van der Waals surface area contributed by atoms with Crippen molar-refractivity contribution < 1.29 is 23.4 Å². The third-order valence-electron chi connectivity index (χ3n) is 7.59. The zero-order valence-corrected chi connectivity index (χ0v) is 22.4. The van der Waals surface area contributed by atoms with Gasteiger partial charge in [0.2, 0.25) is 6.79 Å². The van der Waals surface area contributed by atoms with Gasteiger partial charge in [-0.3, -0.25) is 0 Å². The zero-order chi connectivity index (χ0) is 24.2. The monoisotopic (exact) mass is 473 g/mol. The minimum Gasteiger partial charge on any atom is -0.454 e. The molecule has 2 heterocycles. The Balaban J connectivity index is 1.69. The molecular weight excluding hydrogens is 434 g/mol. The summed E-state index contributed by atoms with van der Waals surface area (Å²) < 4.78 is 23.8. The van der Waals surface area contributed by atoms with E-state index >= 15 is 0 Å². The molecule has 0 aromatic heterocycles. The van der Waals surface area contributed by atoms with Gasteiger partial charge in [-0.15, -0.1) is 0 Å².